The van der Waals surface area contributed by atoms with Crippen LogP contribution in [0.5, 0.6) is 0 Å². The molecule has 3 aromatic rings. The van der Waals surface area contributed by atoms with Crippen molar-refractivity contribution in [3.8, 4) is 5.69 Å². The van der Waals surface area contributed by atoms with Crippen molar-refractivity contribution in [1.29, 1.82) is 0 Å². The summed E-state index contributed by atoms with van der Waals surface area (Å²) in [4.78, 5) is 19.2. The van der Waals surface area contributed by atoms with E-state index < -0.39 is 0 Å². The quantitative estimate of drug-likeness (QED) is 0.751. The maximum atomic E-state index is 12.1. The third kappa shape index (κ3) is 2.52. The largest absolute Gasteiger partial charge is 0.356 e. The number of nitrogens with one attached hydrogen (secondary N) is 2. The molecule has 1 aromatic carbocycles. The van der Waals surface area contributed by atoms with Gasteiger partial charge in [-0.3, -0.25) is 9.78 Å². The van der Waals surface area contributed by atoms with Gasteiger partial charge in [0, 0.05) is 17.2 Å². The van der Waals surface area contributed by atoms with Crippen molar-refractivity contribution < 1.29 is 0 Å². The highest BCUT2D eigenvalue weighted by Crippen LogP contribution is 2.24. The summed E-state index contributed by atoms with van der Waals surface area (Å²) in [5.41, 5.74) is 3.35. The molecule has 0 saturated heterocycles. The topological polar surface area (TPSA) is 75.6 Å². The van der Waals surface area contributed by atoms with Crippen molar-refractivity contribution >= 4 is 32.9 Å². The lowest BCUT2D eigenvalue weighted by molar-refractivity contribution is 0.872. The van der Waals surface area contributed by atoms with Crippen LogP contribution in [0.25, 0.3) is 16.7 Å². The second-order valence-electron chi connectivity index (χ2n) is 5.14. The molecule has 0 aliphatic carbocycles. The van der Waals surface area contributed by atoms with Crippen LogP contribution in [0.1, 0.15) is 18.1 Å². The van der Waals surface area contributed by atoms with Crippen LogP contribution in [0, 0.1) is 13.8 Å². The number of H-pyrrole nitrogens is 1. The van der Waals surface area contributed by atoms with Gasteiger partial charge < -0.3 is 5.32 Å². The Hall–Kier alpha value is -2.15. The summed E-state index contributed by atoms with van der Waals surface area (Å²) < 4.78 is 2.74. The van der Waals surface area contributed by atoms with Gasteiger partial charge in [-0.25, -0.2) is 4.68 Å². The van der Waals surface area contributed by atoms with E-state index in [1.54, 1.807) is 10.9 Å². The molecule has 0 amide bonds. The molecule has 0 saturated carbocycles. The molecule has 0 unspecified atom stereocenters. The minimum Gasteiger partial charge on any atom is -0.356 e. The number of rotatable bonds is 3. The van der Waals surface area contributed by atoms with E-state index in [2.05, 4.69) is 36.3 Å². The van der Waals surface area contributed by atoms with Crippen molar-refractivity contribution in [1.82, 2.24) is 19.7 Å². The summed E-state index contributed by atoms with van der Waals surface area (Å²) in [5, 5.41) is 7.94. The van der Waals surface area contributed by atoms with Crippen molar-refractivity contribution in [3.63, 3.8) is 0 Å². The van der Waals surface area contributed by atoms with E-state index in [1.807, 2.05) is 32.9 Å². The normalized spacial score (nSPS) is 11.1. The maximum absolute atomic E-state index is 12.1. The van der Waals surface area contributed by atoms with E-state index in [0.717, 1.165) is 21.3 Å². The number of benzene rings is 1. The van der Waals surface area contributed by atoms with Gasteiger partial charge in [0.2, 0.25) is 5.95 Å². The van der Waals surface area contributed by atoms with Gasteiger partial charge in [0.05, 0.1) is 5.69 Å². The van der Waals surface area contributed by atoms with Gasteiger partial charge in [-0.05, 0) is 44.0 Å². The first-order valence-electron chi connectivity index (χ1n) is 7.00. The Morgan fingerprint density at radius 2 is 2.00 bits per heavy atom. The van der Waals surface area contributed by atoms with Crippen LogP contribution in [-0.2, 0) is 0 Å². The average molecular weight is 362 g/mol. The molecule has 22 heavy (non-hydrogen) atoms. The molecule has 2 heterocycles. The third-order valence-electron chi connectivity index (χ3n) is 3.42. The van der Waals surface area contributed by atoms with E-state index >= 15 is 0 Å². The van der Waals surface area contributed by atoms with Crippen molar-refractivity contribution in [3.05, 3.63) is 44.3 Å². The minimum atomic E-state index is -0.195. The second-order valence-corrected chi connectivity index (χ2v) is 6.06. The molecule has 0 fully saturated rings. The van der Waals surface area contributed by atoms with Crippen LogP contribution in [0.3, 0.4) is 0 Å². The molecule has 6 nitrogen and oxygen atoms in total. The molecule has 0 bridgehead atoms. The number of nitrogens with zero attached hydrogens (tertiary/aromatic N) is 3. The highest BCUT2D eigenvalue weighted by atomic mass is 79.9. The van der Waals surface area contributed by atoms with Crippen LogP contribution in [-0.4, -0.2) is 26.3 Å². The number of fused-ring (bicyclic) bond motifs is 1. The molecule has 7 heteroatoms. The number of halogens is 1. The SMILES string of the molecule is CCNc1nc2nn(-c3c(C)cc(Br)cc3C)cc2c(=O)[nH]1. The molecule has 0 aliphatic rings. The molecule has 2 aromatic heterocycles. The molecular weight excluding hydrogens is 346 g/mol. The fourth-order valence-corrected chi connectivity index (χ4v) is 3.23. The Morgan fingerprint density at radius 3 is 2.64 bits per heavy atom. The zero-order chi connectivity index (χ0) is 15.9. The molecule has 3 rings (SSSR count). The number of hydrogen-bond donors (Lipinski definition) is 2. The van der Waals surface area contributed by atoms with Crippen LogP contribution in [0.15, 0.2) is 27.6 Å². The van der Waals surface area contributed by atoms with Crippen LogP contribution >= 0.6 is 15.9 Å². The van der Waals surface area contributed by atoms with Crippen LogP contribution < -0.4 is 10.9 Å². The Balaban J connectivity index is 2.21. The van der Waals surface area contributed by atoms with Gasteiger partial charge in [0.1, 0.15) is 5.39 Å². The van der Waals surface area contributed by atoms with Gasteiger partial charge in [0.25, 0.3) is 5.56 Å². The highest BCUT2D eigenvalue weighted by Gasteiger charge is 2.13. The number of aromatic amines is 1. The highest BCUT2D eigenvalue weighted by molar-refractivity contribution is 9.10. The van der Waals surface area contributed by atoms with E-state index in [-0.39, 0.29) is 5.56 Å². The van der Waals surface area contributed by atoms with Gasteiger partial charge in [-0.15, -0.1) is 5.10 Å². The predicted molar refractivity (Wildman–Crippen MR) is 90.8 cm³/mol. The smallest absolute Gasteiger partial charge is 0.263 e. The van der Waals surface area contributed by atoms with E-state index in [1.165, 1.54) is 0 Å². The number of aryl methyl sites for hydroxylation is 2. The first-order chi connectivity index (χ1) is 10.5. The predicted octanol–water partition coefficient (Wildman–Crippen LogP) is 2.92. The van der Waals surface area contributed by atoms with Crippen molar-refractivity contribution in [2.24, 2.45) is 0 Å². The van der Waals surface area contributed by atoms with Gasteiger partial charge in [0.15, 0.2) is 5.65 Å². The molecular formula is C15H16BrN5O. The number of aromatic nitrogens is 4. The molecule has 0 spiro atoms. The molecule has 0 atom stereocenters. The Labute approximate surface area is 135 Å². The lowest BCUT2D eigenvalue weighted by atomic mass is 10.1. The standard InChI is InChI=1S/C15H16BrN5O/c1-4-17-15-18-13-11(14(22)19-15)7-21(20-13)12-8(2)5-10(16)6-9(12)3/h5-7H,4H2,1-3H3,(H2,17,18,19,20,22). The first kappa shape index (κ1) is 14.8. The van der Waals surface area contributed by atoms with Crippen molar-refractivity contribution in [2.75, 3.05) is 11.9 Å². The number of hydrogen-bond acceptors (Lipinski definition) is 4. The lowest BCUT2D eigenvalue weighted by Crippen LogP contribution is -2.12. The molecule has 114 valence electrons. The van der Waals surface area contributed by atoms with Crippen molar-refractivity contribution in [2.45, 2.75) is 20.8 Å². The molecule has 0 aliphatic heterocycles. The van der Waals surface area contributed by atoms with E-state index in [4.69, 9.17) is 0 Å². The zero-order valence-corrected chi connectivity index (χ0v) is 14.2. The fourth-order valence-electron chi connectivity index (χ4n) is 2.55. The fraction of sp³-hybridized carbons (Fsp3) is 0.267. The van der Waals surface area contributed by atoms with E-state index in [0.29, 0.717) is 23.5 Å². The molecule has 2 N–H and O–H groups in total. The summed E-state index contributed by atoms with van der Waals surface area (Å²) in [7, 11) is 0. The summed E-state index contributed by atoms with van der Waals surface area (Å²) in [6.07, 6.45) is 1.72. The summed E-state index contributed by atoms with van der Waals surface area (Å²) in [5.74, 6) is 0.439. The van der Waals surface area contributed by atoms with Crippen LogP contribution in [0.4, 0.5) is 5.95 Å². The second kappa shape index (κ2) is 5.57. The Morgan fingerprint density at radius 1 is 1.32 bits per heavy atom. The average Bonchev–Trinajstić information content (AvgIpc) is 2.82. The Bertz CT molecular complexity index is 889. The lowest BCUT2D eigenvalue weighted by Gasteiger charge is -2.10. The summed E-state index contributed by atoms with van der Waals surface area (Å²) in [6.45, 7) is 6.65. The minimum absolute atomic E-state index is 0.195. The maximum Gasteiger partial charge on any atom is 0.263 e. The Kier molecular flexibility index (Phi) is 3.74. The summed E-state index contributed by atoms with van der Waals surface area (Å²) >= 11 is 3.49. The van der Waals surface area contributed by atoms with Gasteiger partial charge >= 0.3 is 0 Å². The first-order valence-corrected chi connectivity index (χ1v) is 7.79. The molecule has 0 radical (unpaired) electrons. The third-order valence-corrected chi connectivity index (χ3v) is 3.88. The van der Waals surface area contributed by atoms with Gasteiger partial charge in [-0.2, -0.15) is 4.98 Å². The monoisotopic (exact) mass is 361 g/mol. The summed E-state index contributed by atoms with van der Waals surface area (Å²) in [6, 6.07) is 4.05. The van der Waals surface area contributed by atoms with Crippen LogP contribution in [0.2, 0.25) is 0 Å². The zero-order valence-electron chi connectivity index (χ0n) is 12.6. The van der Waals surface area contributed by atoms with E-state index in [9.17, 15) is 4.79 Å². The van der Waals surface area contributed by atoms with Gasteiger partial charge in [-0.1, -0.05) is 15.9 Å². The number of anilines is 1.